The minimum atomic E-state index is -0.895. The quantitative estimate of drug-likeness (QED) is 0.654. The molecule has 1 amide bonds. The number of nitrogens with zero attached hydrogens (tertiary/aromatic N) is 1. The van der Waals surface area contributed by atoms with E-state index in [9.17, 15) is 9.82 Å². The van der Waals surface area contributed by atoms with Crippen molar-refractivity contribution in [2.45, 2.75) is 12.8 Å². The van der Waals surface area contributed by atoms with E-state index in [2.05, 4.69) is 13.2 Å². The van der Waals surface area contributed by atoms with Gasteiger partial charge in [-0.3, -0.25) is 4.79 Å². The van der Waals surface area contributed by atoms with E-state index >= 15 is 0 Å². The van der Waals surface area contributed by atoms with Crippen molar-refractivity contribution in [1.29, 1.82) is 0 Å². The Morgan fingerprint density at radius 3 is 2.42 bits per heavy atom. The maximum Gasteiger partial charge on any atom is 0.559 e. The fourth-order valence-corrected chi connectivity index (χ4v) is 1.65. The third-order valence-electron chi connectivity index (χ3n) is 2.64. The molecular weight excluding hydrogens is 241 g/mol. The molecule has 0 aromatic heterocycles. The van der Waals surface area contributed by atoms with Gasteiger partial charge in [0.25, 0.3) is 0 Å². The van der Waals surface area contributed by atoms with Crippen molar-refractivity contribution in [2.75, 3.05) is 6.54 Å². The molecule has 0 spiro atoms. The van der Waals surface area contributed by atoms with Crippen LogP contribution >= 0.6 is 0 Å². The van der Waals surface area contributed by atoms with Crippen LogP contribution in [0.3, 0.4) is 0 Å². The van der Waals surface area contributed by atoms with Gasteiger partial charge in [-0.25, -0.2) is 0 Å². The van der Waals surface area contributed by atoms with Gasteiger partial charge in [-0.15, -0.1) is 0 Å². The molecule has 0 bridgehead atoms. The van der Waals surface area contributed by atoms with Gasteiger partial charge >= 0.3 is 7.12 Å². The molecule has 2 rings (SSSR count). The maximum atomic E-state index is 10.7. The predicted molar refractivity (Wildman–Crippen MR) is 76.5 cm³/mol. The lowest BCUT2D eigenvalue weighted by Crippen LogP contribution is -2.31. The maximum absolute atomic E-state index is 10.7. The summed E-state index contributed by atoms with van der Waals surface area (Å²) in [5.74, 6) is 0.208. The van der Waals surface area contributed by atoms with Gasteiger partial charge in [0, 0.05) is 13.0 Å². The lowest BCUT2D eigenvalue weighted by Gasteiger charge is -2.05. The highest BCUT2D eigenvalue weighted by atomic mass is 16.5. The number of amides is 1. The SMILES string of the molecule is C=CN1CCCC1=O.C=COB(O)c1ccccc1. The predicted octanol–water partition coefficient (Wildman–Crippen LogP) is 1.29. The molecule has 1 N–H and O–H groups in total. The smallest absolute Gasteiger partial charge is 0.539 e. The van der Waals surface area contributed by atoms with Crippen molar-refractivity contribution in [3.05, 3.63) is 56.0 Å². The minimum absolute atomic E-state index is 0.208. The summed E-state index contributed by atoms with van der Waals surface area (Å²) in [6.07, 6.45) is 4.50. The molecule has 0 saturated carbocycles. The van der Waals surface area contributed by atoms with E-state index in [1.54, 1.807) is 23.2 Å². The highest BCUT2D eigenvalue weighted by Gasteiger charge is 2.16. The number of carbonyl (C=O) groups is 1. The normalized spacial score (nSPS) is 13.3. The number of benzene rings is 1. The van der Waals surface area contributed by atoms with Crippen LogP contribution in [0.2, 0.25) is 0 Å². The van der Waals surface area contributed by atoms with E-state index in [0.29, 0.717) is 6.42 Å². The summed E-state index contributed by atoms with van der Waals surface area (Å²) in [6.45, 7) is 7.71. The van der Waals surface area contributed by atoms with E-state index in [-0.39, 0.29) is 5.91 Å². The molecule has 0 radical (unpaired) electrons. The van der Waals surface area contributed by atoms with E-state index < -0.39 is 7.12 Å². The molecule has 100 valence electrons. The number of likely N-dealkylation sites (tertiary alicyclic amines) is 1. The van der Waals surface area contributed by atoms with Crippen molar-refractivity contribution in [3.63, 3.8) is 0 Å². The summed E-state index contributed by atoms with van der Waals surface area (Å²) in [5, 5.41) is 9.23. The van der Waals surface area contributed by atoms with Crippen LogP contribution in [0.4, 0.5) is 0 Å². The average Bonchev–Trinajstić information content (AvgIpc) is 2.86. The molecule has 1 aromatic rings. The van der Waals surface area contributed by atoms with Gasteiger partial charge in [0.15, 0.2) is 0 Å². The van der Waals surface area contributed by atoms with Crippen molar-refractivity contribution in [3.8, 4) is 0 Å². The van der Waals surface area contributed by atoms with Gasteiger partial charge in [0.05, 0.1) is 6.26 Å². The van der Waals surface area contributed by atoms with Gasteiger partial charge in [0.2, 0.25) is 5.91 Å². The van der Waals surface area contributed by atoms with Crippen LogP contribution in [-0.2, 0) is 9.45 Å². The van der Waals surface area contributed by atoms with Crippen molar-refractivity contribution < 1.29 is 14.5 Å². The molecule has 4 nitrogen and oxygen atoms in total. The summed E-state index contributed by atoms with van der Waals surface area (Å²) >= 11 is 0. The number of hydrogen-bond acceptors (Lipinski definition) is 3. The van der Waals surface area contributed by atoms with Crippen LogP contribution in [0, 0.1) is 0 Å². The van der Waals surface area contributed by atoms with E-state index in [1.807, 2.05) is 18.2 Å². The molecule has 0 aliphatic carbocycles. The Balaban J connectivity index is 0.000000200. The largest absolute Gasteiger partial charge is 0.559 e. The second-order valence-corrected chi connectivity index (χ2v) is 3.94. The van der Waals surface area contributed by atoms with Crippen molar-refractivity contribution in [2.24, 2.45) is 0 Å². The summed E-state index contributed by atoms with van der Waals surface area (Å²) in [4.78, 5) is 12.3. The van der Waals surface area contributed by atoms with E-state index in [4.69, 9.17) is 4.65 Å². The molecule has 1 heterocycles. The first-order valence-electron chi connectivity index (χ1n) is 6.10. The fraction of sp³-hybridized carbons (Fsp3) is 0.214. The molecule has 1 fully saturated rings. The second-order valence-electron chi connectivity index (χ2n) is 3.94. The summed E-state index contributed by atoms with van der Waals surface area (Å²) < 4.78 is 4.75. The Kier molecular flexibility index (Phi) is 6.46. The second kappa shape index (κ2) is 8.16. The standard InChI is InChI=1S/C8H9BO2.C6H9NO/c1-2-11-9(10)8-6-4-3-5-7-8;1-2-7-5-3-4-6(7)8/h2-7,10H,1H2;2H,1,3-5H2. The zero-order chi connectivity index (χ0) is 14.1. The molecule has 1 saturated heterocycles. The first kappa shape index (κ1) is 15.1. The van der Waals surface area contributed by atoms with Crippen LogP contribution in [0.5, 0.6) is 0 Å². The Morgan fingerprint density at radius 1 is 1.32 bits per heavy atom. The molecule has 1 aromatic carbocycles. The topological polar surface area (TPSA) is 49.8 Å². The molecule has 5 heteroatoms. The number of rotatable bonds is 4. The van der Waals surface area contributed by atoms with Gasteiger partial charge < -0.3 is 14.6 Å². The first-order valence-corrected chi connectivity index (χ1v) is 6.10. The van der Waals surface area contributed by atoms with Crippen LogP contribution < -0.4 is 5.46 Å². The Morgan fingerprint density at radius 2 is 2.00 bits per heavy atom. The van der Waals surface area contributed by atoms with E-state index in [0.717, 1.165) is 18.4 Å². The molecule has 1 aliphatic rings. The molecule has 0 unspecified atom stereocenters. The summed E-state index contributed by atoms with van der Waals surface area (Å²) in [5.41, 5.74) is 0.729. The fourth-order valence-electron chi connectivity index (χ4n) is 1.65. The van der Waals surface area contributed by atoms with Crippen LogP contribution in [0.1, 0.15) is 12.8 Å². The van der Waals surface area contributed by atoms with Gasteiger partial charge in [-0.05, 0) is 18.1 Å². The van der Waals surface area contributed by atoms with E-state index in [1.165, 1.54) is 6.26 Å². The third kappa shape index (κ3) is 5.01. The Bertz CT molecular complexity index is 422. The lowest BCUT2D eigenvalue weighted by atomic mass is 9.80. The zero-order valence-electron chi connectivity index (χ0n) is 10.9. The van der Waals surface area contributed by atoms with Crippen LogP contribution in [0.25, 0.3) is 0 Å². The first-order chi connectivity index (χ1) is 9.19. The molecular formula is C14H18BNO3. The van der Waals surface area contributed by atoms with Crippen molar-refractivity contribution >= 4 is 18.5 Å². The molecule has 19 heavy (non-hydrogen) atoms. The van der Waals surface area contributed by atoms with Crippen LogP contribution in [-0.4, -0.2) is 29.5 Å². The summed E-state index contributed by atoms with van der Waals surface area (Å²) in [6, 6.07) is 9.13. The minimum Gasteiger partial charge on any atom is -0.539 e. The number of hydrogen-bond donors (Lipinski definition) is 1. The molecule has 1 aliphatic heterocycles. The highest BCUT2D eigenvalue weighted by molar-refractivity contribution is 6.60. The van der Waals surface area contributed by atoms with Crippen molar-refractivity contribution in [1.82, 2.24) is 4.90 Å². The van der Waals surface area contributed by atoms with Gasteiger partial charge in [-0.1, -0.05) is 43.5 Å². The van der Waals surface area contributed by atoms with Gasteiger partial charge in [-0.2, -0.15) is 0 Å². The summed E-state index contributed by atoms with van der Waals surface area (Å²) in [7, 11) is -0.895. The highest BCUT2D eigenvalue weighted by Crippen LogP contribution is 2.08. The lowest BCUT2D eigenvalue weighted by molar-refractivity contribution is -0.125. The zero-order valence-corrected chi connectivity index (χ0v) is 10.9. The Hall–Kier alpha value is -2.01. The van der Waals surface area contributed by atoms with Gasteiger partial charge in [0.1, 0.15) is 0 Å². The average molecular weight is 259 g/mol. The van der Waals surface area contributed by atoms with Crippen LogP contribution in [0.15, 0.2) is 56.0 Å². The molecule has 0 atom stereocenters. The third-order valence-corrected chi connectivity index (χ3v) is 2.64. The number of carbonyl (C=O) groups excluding carboxylic acids is 1. The monoisotopic (exact) mass is 259 g/mol. The Labute approximate surface area is 114 Å².